The molecule has 1 aliphatic carbocycles. The Balaban J connectivity index is 2.66. The summed E-state index contributed by atoms with van der Waals surface area (Å²) in [6.45, 7) is 9.64. The van der Waals surface area contributed by atoms with Gasteiger partial charge in [-0.05, 0) is 38.1 Å². The molecular formula is C14H28N2OS. The second-order valence-electron chi connectivity index (χ2n) is 5.78. The molecule has 1 fully saturated rings. The van der Waals surface area contributed by atoms with E-state index < -0.39 is 5.54 Å². The molecule has 1 aliphatic rings. The van der Waals surface area contributed by atoms with Crippen LogP contribution in [0.15, 0.2) is 0 Å². The van der Waals surface area contributed by atoms with Gasteiger partial charge in [0.2, 0.25) is 5.91 Å². The predicted octanol–water partition coefficient (Wildman–Crippen LogP) is 2.54. The number of nitrogens with two attached hydrogens (primary N) is 1. The molecule has 1 amide bonds. The molecule has 0 aliphatic heterocycles. The normalized spacial score (nSPS) is 30.4. The Morgan fingerprint density at radius 2 is 2.17 bits per heavy atom. The number of amides is 1. The highest BCUT2D eigenvalue weighted by Gasteiger charge is 2.41. The average Bonchev–Trinajstić information content (AvgIpc) is 2.29. The summed E-state index contributed by atoms with van der Waals surface area (Å²) in [7, 11) is 0. The van der Waals surface area contributed by atoms with Crippen molar-refractivity contribution in [2.24, 2.45) is 11.7 Å². The largest absolute Gasteiger partial charge is 0.368 e. The fourth-order valence-corrected chi connectivity index (χ4v) is 4.22. The molecule has 3 unspecified atom stereocenters. The van der Waals surface area contributed by atoms with Crippen molar-refractivity contribution in [3.63, 3.8) is 0 Å². The van der Waals surface area contributed by atoms with E-state index in [4.69, 9.17) is 5.73 Å². The fraction of sp³-hybridized carbons (Fsp3) is 0.929. The zero-order valence-corrected chi connectivity index (χ0v) is 13.0. The third-order valence-electron chi connectivity index (χ3n) is 4.04. The van der Waals surface area contributed by atoms with Crippen LogP contribution < -0.4 is 11.1 Å². The lowest BCUT2D eigenvalue weighted by Crippen LogP contribution is -2.58. The van der Waals surface area contributed by atoms with Crippen LogP contribution in [0.1, 0.15) is 53.4 Å². The Bertz CT molecular complexity index is 279. The highest BCUT2D eigenvalue weighted by atomic mass is 32.2. The number of thioether (sulfide) groups is 1. The third-order valence-corrected chi connectivity index (χ3v) is 5.80. The average molecular weight is 272 g/mol. The number of rotatable bonds is 6. The van der Waals surface area contributed by atoms with E-state index in [2.05, 4.69) is 26.1 Å². The fourth-order valence-electron chi connectivity index (χ4n) is 2.61. The number of carbonyl (C=O) groups is 1. The lowest BCUT2D eigenvalue weighted by Gasteiger charge is -2.40. The van der Waals surface area contributed by atoms with Crippen LogP contribution in [0.4, 0.5) is 0 Å². The molecule has 0 saturated heterocycles. The van der Waals surface area contributed by atoms with Gasteiger partial charge < -0.3 is 11.1 Å². The molecule has 0 heterocycles. The molecule has 0 bridgehead atoms. The van der Waals surface area contributed by atoms with Gasteiger partial charge in [0.1, 0.15) is 0 Å². The van der Waals surface area contributed by atoms with Gasteiger partial charge in [-0.15, -0.1) is 0 Å². The summed E-state index contributed by atoms with van der Waals surface area (Å²) in [5.41, 5.74) is 5.17. The molecule has 0 spiro atoms. The maximum Gasteiger partial charge on any atom is 0.237 e. The molecule has 0 aromatic heterocycles. The molecule has 18 heavy (non-hydrogen) atoms. The second kappa shape index (κ2) is 6.80. The van der Waals surface area contributed by atoms with Crippen LogP contribution in [0.5, 0.6) is 0 Å². The van der Waals surface area contributed by atoms with E-state index in [1.54, 1.807) is 0 Å². The zero-order valence-electron chi connectivity index (χ0n) is 12.2. The van der Waals surface area contributed by atoms with Gasteiger partial charge in [0.05, 0.1) is 5.54 Å². The van der Waals surface area contributed by atoms with Crippen molar-refractivity contribution in [3.05, 3.63) is 0 Å². The molecule has 1 rings (SSSR count). The zero-order chi connectivity index (χ0) is 13.8. The van der Waals surface area contributed by atoms with Gasteiger partial charge >= 0.3 is 0 Å². The van der Waals surface area contributed by atoms with Gasteiger partial charge in [0.15, 0.2) is 0 Å². The molecule has 106 valence electrons. The Labute approximate surface area is 116 Å². The lowest BCUT2D eigenvalue weighted by molar-refractivity contribution is -0.125. The van der Waals surface area contributed by atoms with Crippen LogP contribution in [0.3, 0.4) is 0 Å². The topological polar surface area (TPSA) is 55.1 Å². The Hall–Kier alpha value is -0.220. The van der Waals surface area contributed by atoms with Crippen molar-refractivity contribution in [1.82, 2.24) is 5.32 Å². The number of hydrogen-bond donors (Lipinski definition) is 2. The van der Waals surface area contributed by atoms with Crippen molar-refractivity contribution in [3.8, 4) is 0 Å². The van der Waals surface area contributed by atoms with Gasteiger partial charge in [-0.2, -0.15) is 11.8 Å². The smallest absolute Gasteiger partial charge is 0.237 e. The number of nitrogens with one attached hydrogen (secondary N) is 1. The first-order chi connectivity index (χ1) is 8.41. The molecule has 0 radical (unpaired) electrons. The molecule has 3 atom stereocenters. The summed E-state index contributed by atoms with van der Waals surface area (Å²) in [6.07, 6.45) is 4.09. The maximum absolute atomic E-state index is 11.8. The van der Waals surface area contributed by atoms with E-state index >= 15 is 0 Å². The van der Waals surface area contributed by atoms with Crippen LogP contribution >= 0.6 is 11.8 Å². The summed E-state index contributed by atoms with van der Waals surface area (Å²) in [6, 6.07) is 0. The van der Waals surface area contributed by atoms with Crippen LogP contribution in [-0.2, 0) is 4.79 Å². The Morgan fingerprint density at radius 1 is 1.50 bits per heavy atom. The van der Waals surface area contributed by atoms with E-state index in [0.717, 1.165) is 25.8 Å². The number of carbonyl (C=O) groups excluding carboxylic acids is 1. The first-order valence-corrected chi connectivity index (χ1v) is 8.06. The van der Waals surface area contributed by atoms with Gasteiger partial charge in [-0.25, -0.2) is 0 Å². The molecule has 4 heteroatoms. The first-order valence-electron chi connectivity index (χ1n) is 7.11. The highest BCUT2D eigenvalue weighted by Crippen LogP contribution is 2.38. The Kier molecular flexibility index (Phi) is 5.99. The molecule has 1 saturated carbocycles. The van der Waals surface area contributed by atoms with Crippen LogP contribution in [0, 0.1) is 5.92 Å². The van der Waals surface area contributed by atoms with Crippen molar-refractivity contribution in [2.75, 3.05) is 6.54 Å². The minimum Gasteiger partial charge on any atom is -0.368 e. The molecule has 0 aromatic carbocycles. The highest BCUT2D eigenvalue weighted by molar-refractivity contribution is 8.00. The Morgan fingerprint density at radius 3 is 2.67 bits per heavy atom. The standard InChI is InChI=1S/C14H28N2OS/c1-5-16-14(13(15)17)8-6-7-12(9-14)18-11(4)10(2)3/h10-12,16H,5-9H2,1-4H3,(H2,15,17). The monoisotopic (exact) mass is 272 g/mol. The summed E-state index contributed by atoms with van der Waals surface area (Å²) >= 11 is 2.03. The van der Waals surface area contributed by atoms with Gasteiger partial charge in [0, 0.05) is 10.5 Å². The summed E-state index contributed by atoms with van der Waals surface area (Å²) in [5.74, 6) is 0.505. The summed E-state index contributed by atoms with van der Waals surface area (Å²) in [5, 5.41) is 4.54. The molecule has 3 nitrogen and oxygen atoms in total. The predicted molar refractivity (Wildman–Crippen MR) is 79.7 cm³/mol. The van der Waals surface area contributed by atoms with Crippen molar-refractivity contribution in [1.29, 1.82) is 0 Å². The van der Waals surface area contributed by atoms with Crippen LogP contribution in [0.2, 0.25) is 0 Å². The van der Waals surface area contributed by atoms with Crippen molar-refractivity contribution in [2.45, 2.75) is 69.4 Å². The summed E-state index contributed by atoms with van der Waals surface area (Å²) in [4.78, 5) is 11.8. The van der Waals surface area contributed by atoms with Gasteiger partial charge in [0.25, 0.3) is 0 Å². The van der Waals surface area contributed by atoms with E-state index in [0.29, 0.717) is 16.4 Å². The minimum absolute atomic E-state index is 0.174. The van der Waals surface area contributed by atoms with Gasteiger partial charge in [-0.1, -0.05) is 27.7 Å². The molecule has 3 N–H and O–H groups in total. The number of likely N-dealkylation sites (N-methyl/N-ethyl adjacent to an activating group) is 1. The van der Waals surface area contributed by atoms with Crippen molar-refractivity contribution >= 4 is 17.7 Å². The first kappa shape index (κ1) is 15.8. The van der Waals surface area contributed by atoms with Gasteiger partial charge in [-0.3, -0.25) is 4.79 Å². The molecule has 0 aromatic rings. The van der Waals surface area contributed by atoms with E-state index in [1.807, 2.05) is 18.7 Å². The van der Waals surface area contributed by atoms with E-state index in [1.165, 1.54) is 6.42 Å². The second-order valence-corrected chi connectivity index (χ2v) is 7.46. The van der Waals surface area contributed by atoms with Crippen LogP contribution in [-0.4, -0.2) is 28.5 Å². The van der Waals surface area contributed by atoms with Crippen molar-refractivity contribution < 1.29 is 4.79 Å². The maximum atomic E-state index is 11.8. The quantitative estimate of drug-likeness (QED) is 0.781. The minimum atomic E-state index is -0.457. The lowest BCUT2D eigenvalue weighted by atomic mass is 9.80. The summed E-state index contributed by atoms with van der Waals surface area (Å²) < 4.78 is 0. The van der Waals surface area contributed by atoms with E-state index in [-0.39, 0.29) is 5.91 Å². The molecular weight excluding hydrogens is 244 g/mol. The number of hydrogen-bond acceptors (Lipinski definition) is 3. The number of primary amides is 1. The van der Waals surface area contributed by atoms with Crippen LogP contribution in [0.25, 0.3) is 0 Å². The SMILES string of the molecule is CCNC1(C(N)=O)CCCC(SC(C)C(C)C)C1. The third kappa shape index (κ3) is 3.89. The van der Waals surface area contributed by atoms with E-state index in [9.17, 15) is 4.79 Å².